The van der Waals surface area contributed by atoms with Crippen molar-refractivity contribution in [1.29, 1.82) is 0 Å². The quantitative estimate of drug-likeness (QED) is 0.874. The van der Waals surface area contributed by atoms with Gasteiger partial charge < -0.3 is 15.8 Å². The number of nitrogens with two attached hydrogens (primary N) is 1. The molecule has 0 aliphatic carbocycles. The van der Waals surface area contributed by atoms with E-state index in [4.69, 9.17) is 22.1 Å². The predicted molar refractivity (Wildman–Crippen MR) is 79.3 cm³/mol. The topological polar surface area (TPSA) is 95.1 Å². The molecule has 0 fully saturated rings. The van der Waals surface area contributed by atoms with Crippen LogP contribution >= 0.6 is 11.6 Å². The van der Waals surface area contributed by atoms with Crippen LogP contribution in [0, 0.1) is 0 Å². The van der Waals surface area contributed by atoms with Gasteiger partial charge in [-0.1, -0.05) is 16.8 Å². The number of nitrogens with zero attached hydrogens (tertiary/aromatic N) is 3. The molecule has 2 aromatic rings. The standard InChI is InChI=1S/C13H16ClN5O2/c1-8(19-7-10(6-15)17-18-19)13(20)16-9-3-4-12(21-2)11(14)5-9/h3-5,7-8H,6,15H2,1-2H3,(H,16,20). The van der Waals surface area contributed by atoms with Crippen molar-refractivity contribution < 1.29 is 9.53 Å². The Hall–Kier alpha value is -2.12. The molecule has 0 saturated heterocycles. The molecule has 2 rings (SSSR count). The number of rotatable bonds is 5. The van der Waals surface area contributed by atoms with Crippen LogP contribution in [0.5, 0.6) is 5.75 Å². The summed E-state index contributed by atoms with van der Waals surface area (Å²) < 4.78 is 6.52. The van der Waals surface area contributed by atoms with Crippen LogP contribution in [-0.2, 0) is 11.3 Å². The van der Waals surface area contributed by atoms with Gasteiger partial charge in [-0.3, -0.25) is 4.79 Å². The molecule has 1 heterocycles. The van der Waals surface area contributed by atoms with Crippen LogP contribution in [0.4, 0.5) is 5.69 Å². The van der Waals surface area contributed by atoms with E-state index >= 15 is 0 Å². The number of nitrogens with one attached hydrogen (secondary N) is 1. The van der Waals surface area contributed by atoms with Crippen molar-refractivity contribution in [3.05, 3.63) is 35.1 Å². The van der Waals surface area contributed by atoms with Crippen LogP contribution in [0.1, 0.15) is 18.7 Å². The monoisotopic (exact) mass is 309 g/mol. The normalized spacial score (nSPS) is 12.0. The second-order valence-corrected chi connectivity index (χ2v) is 4.82. The molecule has 1 aromatic carbocycles. The third-order valence-corrected chi connectivity index (χ3v) is 3.26. The minimum Gasteiger partial charge on any atom is -0.495 e. The molecular formula is C13H16ClN5O2. The summed E-state index contributed by atoms with van der Waals surface area (Å²) >= 11 is 6.01. The number of aromatic nitrogens is 3. The van der Waals surface area contributed by atoms with Crippen LogP contribution in [0.25, 0.3) is 0 Å². The van der Waals surface area contributed by atoms with E-state index in [9.17, 15) is 4.79 Å². The summed E-state index contributed by atoms with van der Waals surface area (Å²) in [7, 11) is 1.53. The van der Waals surface area contributed by atoms with Crippen molar-refractivity contribution in [3.63, 3.8) is 0 Å². The molecule has 0 spiro atoms. The number of methoxy groups -OCH3 is 1. The smallest absolute Gasteiger partial charge is 0.249 e. The van der Waals surface area contributed by atoms with Crippen molar-refractivity contribution in [3.8, 4) is 5.75 Å². The SMILES string of the molecule is COc1ccc(NC(=O)C(C)n2cc(CN)nn2)cc1Cl. The lowest BCUT2D eigenvalue weighted by Gasteiger charge is -2.12. The Morgan fingerprint density at radius 2 is 2.33 bits per heavy atom. The fraction of sp³-hybridized carbons (Fsp3) is 0.308. The Bertz CT molecular complexity index is 643. The van der Waals surface area contributed by atoms with E-state index in [1.807, 2.05) is 0 Å². The maximum atomic E-state index is 12.2. The first-order valence-electron chi connectivity index (χ1n) is 6.30. The molecule has 0 aliphatic rings. The van der Waals surface area contributed by atoms with Crippen LogP contribution in [-0.4, -0.2) is 28.0 Å². The van der Waals surface area contributed by atoms with Crippen molar-refractivity contribution in [2.45, 2.75) is 19.5 Å². The highest BCUT2D eigenvalue weighted by molar-refractivity contribution is 6.32. The number of carbonyl (C=O) groups excluding carboxylic acids is 1. The highest BCUT2D eigenvalue weighted by Gasteiger charge is 2.17. The van der Waals surface area contributed by atoms with E-state index in [0.717, 1.165) is 0 Å². The number of amides is 1. The van der Waals surface area contributed by atoms with Crippen molar-refractivity contribution >= 4 is 23.2 Å². The van der Waals surface area contributed by atoms with Gasteiger partial charge in [-0.15, -0.1) is 5.10 Å². The van der Waals surface area contributed by atoms with Gasteiger partial charge in [-0.25, -0.2) is 4.68 Å². The molecule has 112 valence electrons. The van der Waals surface area contributed by atoms with Gasteiger partial charge in [0.15, 0.2) is 0 Å². The Morgan fingerprint density at radius 1 is 1.57 bits per heavy atom. The number of benzene rings is 1. The Kier molecular flexibility index (Phi) is 4.77. The molecule has 3 N–H and O–H groups in total. The zero-order valence-electron chi connectivity index (χ0n) is 11.7. The van der Waals surface area contributed by atoms with Gasteiger partial charge in [0.25, 0.3) is 0 Å². The number of anilines is 1. The van der Waals surface area contributed by atoms with Gasteiger partial charge in [-0.2, -0.15) is 0 Å². The number of halogens is 1. The first kappa shape index (κ1) is 15.3. The third-order valence-electron chi connectivity index (χ3n) is 2.96. The summed E-state index contributed by atoms with van der Waals surface area (Å²) in [5.41, 5.74) is 6.67. The first-order chi connectivity index (χ1) is 10.0. The van der Waals surface area contributed by atoms with E-state index in [-0.39, 0.29) is 12.5 Å². The van der Waals surface area contributed by atoms with E-state index in [1.165, 1.54) is 11.8 Å². The first-order valence-corrected chi connectivity index (χ1v) is 6.68. The molecule has 1 aromatic heterocycles. The minimum atomic E-state index is -0.515. The Balaban J connectivity index is 2.08. The fourth-order valence-corrected chi connectivity index (χ4v) is 1.96. The molecule has 7 nitrogen and oxygen atoms in total. The van der Waals surface area contributed by atoms with Crippen LogP contribution < -0.4 is 15.8 Å². The van der Waals surface area contributed by atoms with E-state index in [2.05, 4.69) is 15.6 Å². The molecule has 1 unspecified atom stereocenters. The molecule has 0 saturated carbocycles. The number of hydrogen-bond acceptors (Lipinski definition) is 5. The van der Waals surface area contributed by atoms with Gasteiger partial charge in [0.05, 0.1) is 24.0 Å². The third kappa shape index (κ3) is 3.50. The molecule has 0 radical (unpaired) electrons. The maximum Gasteiger partial charge on any atom is 0.249 e. The van der Waals surface area contributed by atoms with Crippen molar-refractivity contribution in [1.82, 2.24) is 15.0 Å². The highest BCUT2D eigenvalue weighted by atomic mass is 35.5. The van der Waals surface area contributed by atoms with E-state index in [1.54, 1.807) is 31.3 Å². The lowest BCUT2D eigenvalue weighted by atomic mass is 10.2. The highest BCUT2D eigenvalue weighted by Crippen LogP contribution is 2.27. The Labute approximate surface area is 127 Å². The lowest BCUT2D eigenvalue weighted by molar-refractivity contribution is -0.119. The minimum absolute atomic E-state index is 0.232. The molecule has 21 heavy (non-hydrogen) atoms. The molecule has 8 heteroatoms. The lowest BCUT2D eigenvalue weighted by Crippen LogP contribution is -2.24. The molecule has 1 atom stereocenters. The molecule has 0 aliphatic heterocycles. The Morgan fingerprint density at radius 3 is 2.90 bits per heavy atom. The summed E-state index contributed by atoms with van der Waals surface area (Å²) in [4.78, 5) is 12.2. The van der Waals surface area contributed by atoms with Crippen LogP contribution in [0.3, 0.4) is 0 Å². The molecule has 0 bridgehead atoms. The molecule has 1 amide bonds. The van der Waals surface area contributed by atoms with Crippen LogP contribution in [0.2, 0.25) is 5.02 Å². The van der Waals surface area contributed by atoms with Gasteiger partial charge in [0.2, 0.25) is 5.91 Å². The summed E-state index contributed by atoms with van der Waals surface area (Å²) in [5, 5.41) is 10.9. The second-order valence-electron chi connectivity index (χ2n) is 4.41. The average Bonchev–Trinajstić information content (AvgIpc) is 2.95. The van der Waals surface area contributed by atoms with Gasteiger partial charge in [0.1, 0.15) is 11.8 Å². The molecular weight excluding hydrogens is 294 g/mol. The summed E-state index contributed by atoms with van der Waals surface area (Å²) in [5.74, 6) is 0.316. The summed E-state index contributed by atoms with van der Waals surface area (Å²) in [6.45, 7) is 2.00. The van der Waals surface area contributed by atoms with Crippen molar-refractivity contribution in [2.24, 2.45) is 5.73 Å². The summed E-state index contributed by atoms with van der Waals surface area (Å²) in [6.07, 6.45) is 1.64. The summed E-state index contributed by atoms with van der Waals surface area (Å²) in [6, 6.07) is 4.50. The van der Waals surface area contributed by atoms with Gasteiger partial charge in [0, 0.05) is 12.2 Å². The zero-order valence-corrected chi connectivity index (χ0v) is 12.5. The van der Waals surface area contributed by atoms with E-state index < -0.39 is 6.04 Å². The van der Waals surface area contributed by atoms with Crippen LogP contribution in [0.15, 0.2) is 24.4 Å². The van der Waals surface area contributed by atoms with Crippen molar-refractivity contribution in [2.75, 3.05) is 12.4 Å². The zero-order chi connectivity index (χ0) is 15.4. The number of carbonyl (C=O) groups is 1. The number of ether oxygens (including phenoxy) is 1. The van der Waals surface area contributed by atoms with Gasteiger partial charge in [-0.05, 0) is 25.1 Å². The number of hydrogen-bond donors (Lipinski definition) is 2. The van der Waals surface area contributed by atoms with E-state index in [0.29, 0.717) is 22.2 Å². The maximum absolute atomic E-state index is 12.2. The second kappa shape index (κ2) is 6.55. The largest absolute Gasteiger partial charge is 0.495 e. The average molecular weight is 310 g/mol. The van der Waals surface area contributed by atoms with Gasteiger partial charge >= 0.3 is 0 Å². The fourth-order valence-electron chi connectivity index (χ4n) is 1.71. The predicted octanol–water partition coefficient (Wildman–Crippen LogP) is 1.60.